The molecule has 1 saturated heterocycles. The number of sulfonamides is 2. The first-order chi connectivity index (χ1) is 11.6. The van der Waals surface area contributed by atoms with E-state index in [0.717, 1.165) is 43.9 Å². The monoisotopic (exact) mass is 390 g/mol. The number of ether oxygens (including phenoxy) is 2. The Morgan fingerprint density at radius 1 is 1.04 bits per heavy atom. The van der Waals surface area contributed by atoms with Crippen molar-refractivity contribution in [2.24, 2.45) is 0 Å². The summed E-state index contributed by atoms with van der Waals surface area (Å²) in [5, 5.41) is 0. The molecule has 1 aromatic rings. The van der Waals surface area contributed by atoms with Crippen molar-refractivity contribution in [1.82, 2.24) is 4.98 Å². The number of hydrogen-bond donors (Lipinski definition) is 0. The molecule has 8 nitrogen and oxygen atoms in total. The number of anilines is 1. The molecule has 25 heavy (non-hydrogen) atoms. The Hall–Kier alpha value is -1.23. The lowest BCUT2D eigenvalue weighted by Gasteiger charge is -2.35. The molecule has 2 fully saturated rings. The molecule has 0 atom stereocenters. The normalized spacial score (nSPS) is 21.5. The highest BCUT2D eigenvalue weighted by atomic mass is 32.3. The summed E-state index contributed by atoms with van der Waals surface area (Å²) in [7, 11) is -7.91. The minimum absolute atomic E-state index is 0.0171. The number of nitrogens with zero attached hydrogens (tertiary/aromatic N) is 2. The fourth-order valence-corrected chi connectivity index (χ4v) is 6.46. The summed E-state index contributed by atoms with van der Waals surface area (Å²) in [5.41, 5.74) is 0.835. The van der Waals surface area contributed by atoms with E-state index in [1.807, 2.05) is 0 Å². The highest BCUT2D eigenvalue weighted by Gasteiger charge is 2.40. The molecule has 0 unspecified atom stereocenters. The molecule has 0 amide bonds. The summed E-state index contributed by atoms with van der Waals surface area (Å²) in [6, 6.07) is 3.18. The fraction of sp³-hybridized carbons (Fsp3) is 0.667. The lowest BCUT2D eigenvalue weighted by molar-refractivity contribution is -0.178. The van der Waals surface area contributed by atoms with Crippen molar-refractivity contribution in [3.8, 4) is 0 Å². The highest BCUT2D eigenvalue weighted by molar-refractivity contribution is 8.09. The van der Waals surface area contributed by atoms with Crippen LogP contribution in [-0.2, 0) is 29.5 Å². The van der Waals surface area contributed by atoms with Crippen LogP contribution in [0.4, 0.5) is 5.69 Å². The van der Waals surface area contributed by atoms with Gasteiger partial charge in [0.25, 0.3) is 0 Å². The van der Waals surface area contributed by atoms with Crippen molar-refractivity contribution in [2.75, 3.05) is 29.4 Å². The van der Waals surface area contributed by atoms with Gasteiger partial charge in [-0.05, 0) is 25.0 Å². The first kappa shape index (κ1) is 18.6. The summed E-state index contributed by atoms with van der Waals surface area (Å²) in [4.78, 5) is 4.31. The van der Waals surface area contributed by atoms with Crippen LogP contribution in [0.1, 0.15) is 37.3 Å². The van der Waals surface area contributed by atoms with Gasteiger partial charge in [0.15, 0.2) is 5.79 Å². The van der Waals surface area contributed by atoms with E-state index in [4.69, 9.17) is 9.47 Å². The van der Waals surface area contributed by atoms with Crippen LogP contribution in [0.15, 0.2) is 18.3 Å². The Labute approximate surface area is 148 Å². The lowest BCUT2D eigenvalue weighted by atomic mass is 9.83. The van der Waals surface area contributed by atoms with Crippen molar-refractivity contribution in [1.29, 1.82) is 0 Å². The number of aromatic nitrogens is 1. The zero-order valence-electron chi connectivity index (χ0n) is 14.2. The lowest BCUT2D eigenvalue weighted by Crippen LogP contribution is -2.35. The predicted molar refractivity (Wildman–Crippen MR) is 92.2 cm³/mol. The summed E-state index contributed by atoms with van der Waals surface area (Å²) in [5.74, 6) is -0.225. The maximum atomic E-state index is 11.8. The molecule has 140 valence electrons. The van der Waals surface area contributed by atoms with E-state index in [9.17, 15) is 16.8 Å². The molecule has 1 aliphatic heterocycles. The van der Waals surface area contributed by atoms with Crippen molar-refractivity contribution < 1.29 is 26.3 Å². The van der Waals surface area contributed by atoms with Crippen molar-refractivity contribution >= 4 is 25.7 Å². The van der Waals surface area contributed by atoms with Gasteiger partial charge in [-0.15, -0.1) is 0 Å². The Bertz CT molecular complexity index is 787. The predicted octanol–water partition coefficient (Wildman–Crippen LogP) is 1.21. The third-order valence-corrected chi connectivity index (χ3v) is 7.81. The van der Waals surface area contributed by atoms with Crippen LogP contribution >= 0.6 is 0 Å². The molecule has 2 heterocycles. The van der Waals surface area contributed by atoms with E-state index in [-0.39, 0.29) is 11.6 Å². The fourth-order valence-electron chi connectivity index (χ4n) is 3.51. The molecule has 0 bridgehead atoms. The van der Waals surface area contributed by atoms with Gasteiger partial charge in [-0.1, -0.05) is 0 Å². The van der Waals surface area contributed by atoms with Gasteiger partial charge in [-0.25, -0.2) is 16.8 Å². The number of rotatable bonds is 4. The van der Waals surface area contributed by atoms with Gasteiger partial charge in [0.1, 0.15) is 0 Å². The summed E-state index contributed by atoms with van der Waals surface area (Å²) >= 11 is 0. The van der Waals surface area contributed by atoms with Gasteiger partial charge >= 0.3 is 0 Å². The summed E-state index contributed by atoms with van der Waals surface area (Å²) in [6.45, 7) is 1.26. The van der Waals surface area contributed by atoms with Gasteiger partial charge in [0.2, 0.25) is 20.0 Å². The highest BCUT2D eigenvalue weighted by Crippen LogP contribution is 2.42. The van der Waals surface area contributed by atoms with Crippen molar-refractivity contribution in [3.05, 3.63) is 24.0 Å². The molecular formula is C15H22N2O6S2. The minimum atomic E-state index is -3.96. The van der Waals surface area contributed by atoms with E-state index in [1.54, 1.807) is 6.07 Å². The molecule has 0 aromatic carbocycles. The Morgan fingerprint density at radius 3 is 2.04 bits per heavy atom. The average Bonchev–Trinajstić information content (AvgIpc) is 2.94. The Kier molecular flexibility index (Phi) is 4.82. The summed E-state index contributed by atoms with van der Waals surface area (Å²) < 4.78 is 59.0. The molecule has 0 N–H and O–H groups in total. The maximum Gasteiger partial charge on any atom is 0.245 e. The van der Waals surface area contributed by atoms with E-state index in [0.29, 0.717) is 16.9 Å². The molecule has 10 heteroatoms. The van der Waals surface area contributed by atoms with Crippen molar-refractivity contribution in [3.63, 3.8) is 0 Å². The average molecular weight is 390 g/mol. The van der Waals surface area contributed by atoms with Gasteiger partial charge in [-0.2, -0.15) is 3.71 Å². The quantitative estimate of drug-likeness (QED) is 0.761. The van der Waals surface area contributed by atoms with Gasteiger partial charge in [0, 0.05) is 24.5 Å². The van der Waals surface area contributed by atoms with Crippen LogP contribution in [0.25, 0.3) is 0 Å². The molecule has 3 rings (SSSR count). The van der Waals surface area contributed by atoms with Crippen LogP contribution in [0.2, 0.25) is 0 Å². The molecule has 1 aliphatic carbocycles. The maximum absolute atomic E-state index is 11.8. The van der Waals surface area contributed by atoms with Crippen LogP contribution in [-0.4, -0.2) is 53.3 Å². The van der Waals surface area contributed by atoms with Gasteiger partial charge < -0.3 is 9.47 Å². The topological polar surface area (TPSA) is 103 Å². The Balaban J connectivity index is 1.76. The molecule has 1 spiro atoms. The molecular weight excluding hydrogens is 368 g/mol. The number of pyridine rings is 1. The Morgan fingerprint density at radius 2 is 1.60 bits per heavy atom. The van der Waals surface area contributed by atoms with Crippen LogP contribution in [0.3, 0.4) is 0 Å². The van der Waals surface area contributed by atoms with E-state index >= 15 is 0 Å². The zero-order valence-corrected chi connectivity index (χ0v) is 15.8. The first-order valence-corrected chi connectivity index (χ1v) is 11.7. The SMILES string of the molecule is CS(=O)(=O)N(c1ccc(C2CCC3(CC2)OCCO3)nc1)S(C)(=O)=O. The second-order valence-corrected chi connectivity index (χ2v) is 10.4. The standard InChI is InChI=1S/C15H22N2O6S2/c1-24(18,19)17(25(2,20)21)13-3-4-14(16-11-13)12-5-7-15(8-6-12)22-9-10-23-15/h3-4,11-12H,5-10H2,1-2H3. The summed E-state index contributed by atoms with van der Waals surface area (Å²) in [6.07, 6.45) is 6.29. The minimum Gasteiger partial charge on any atom is -0.348 e. The first-order valence-electron chi connectivity index (χ1n) is 8.05. The van der Waals surface area contributed by atoms with Crippen LogP contribution in [0.5, 0.6) is 0 Å². The third kappa shape index (κ3) is 3.97. The van der Waals surface area contributed by atoms with E-state index < -0.39 is 25.8 Å². The van der Waals surface area contributed by atoms with E-state index in [1.165, 1.54) is 12.3 Å². The molecule has 1 aromatic heterocycles. The molecule has 1 saturated carbocycles. The second kappa shape index (κ2) is 6.49. The third-order valence-electron chi connectivity index (χ3n) is 4.56. The second-order valence-electron chi connectivity index (χ2n) is 6.55. The van der Waals surface area contributed by atoms with Crippen LogP contribution in [0, 0.1) is 0 Å². The van der Waals surface area contributed by atoms with Crippen molar-refractivity contribution in [2.45, 2.75) is 37.4 Å². The smallest absolute Gasteiger partial charge is 0.245 e. The van der Waals surface area contributed by atoms with E-state index in [2.05, 4.69) is 4.98 Å². The van der Waals surface area contributed by atoms with Gasteiger partial charge in [-0.3, -0.25) is 4.98 Å². The molecule has 2 aliphatic rings. The molecule has 0 radical (unpaired) electrons. The van der Waals surface area contributed by atoms with Gasteiger partial charge in [0.05, 0.1) is 37.6 Å². The largest absolute Gasteiger partial charge is 0.348 e. The van der Waals surface area contributed by atoms with Crippen LogP contribution < -0.4 is 3.71 Å². The number of hydrogen-bond acceptors (Lipinski definition) is 7. The zero-order chi connectivity index (χ0) is 18.3.